The Morgan fingerprint density at radius 1 is 0.880 bits per heavy atom. The van der Waals surface area contributed by atoms with E-state index in [4.69, 9.17) is 71.6 Å². The molecule has 0 rings (SSSR count). The van der Waals surface area contributed by atoms with Crippen LogP contribution in [0.1, 0.15) is 12.8 Å². The van der Waals surface area contributed by atoms with Gasteiger partial charge in [0.2, 0.25) is 0 Å². The average molecular weight is 610 g/mol. The third-order valence-corrected chi connectivity index (χ3v) is 8.77. The summed E-state index contributed by atoms with van der Waals surface area (Å²) in [4.78, 5) is 0. The molecular weight excluding hydrogens is 588 g/mol. The number of phosphoric ester groups is 1. The third-order valence-electron chi connectivity index (χ3n) is 3.14. The Kier molecular flexibility index (Phi) is 16.9. The van der Waals surface area contributed by atoms with Crippen molar-refractivity contribution in [1.82, 2.24) is 0 Å². The zero-order valence-electron chi connectivity index (χ0n) is 13.5. The van der Waals surface area contributed by atoms with Gasteiger partial charge < -0.3 is 0 Å². The van der Waals surface area contributed by atoms with Crippen LogP contribution in [-0.2, 0) is 18.1 Å². The molecular formula is C13H22Br2Cl5O4P. The lowest BCUT2D eigenvalue weighted by molar-refractivity contribution is 0.0481. The Hall–Kier alpha value is 2.52. The van der Waals surface area contributed by atoms with Crippen molar-refractivity contribution in [3.8, 4) is 0 Å². The van der Waals surface area contributed by atoms with E-state index in [1.807, 2.05) is 0 Å². The molecule has 0 saturated heterocycles. The van der Waals surface area contributed by atoms with Gasteiger partial charge in [-0.25, -0.2) is 4.57 Å². The molecule has 2 unspecified atom stereocenters. The van der Waals surface area contributed by atoms with Crippen LogP contribution in [0.5, 0.6) is 0 Å². The van der Waals surface area contributed by atoms with E-state index < -0.39 is 25.4 Å². The number of hydrogen-bond acceptors (Lipinski definition) is 4. The molecule has 0 amide bonds. The topological polar surface area (TPSA) is 44.8 Å². The van der Waals surface area contributed by atoms with Gasteiger partial charge in [-0.2, -0.15) is 0 Å². The maximum atomic E-state index is 13.2. The SMILES string of the molecule is O=P(OCC(CCl)(CBr)CBr)(OC(CCl)CCCl)OC(CCl)CCCl. The molecule has 25 heavy (non-hydrogen) atoms. The molecule has 0 heterocycles. The van der Waals surface area contributed by atoms with E-state index in [0.29, 0.717) is 35.3 Å². The van der Waals surface area contributed by atoms with Crippen molar-refractivity contribution in [2.24, 2.45) is 5.41 Å². The highest BCUT2D eigenvalue weighted by atomic mass is 79.9. The van der Waals surface area contributed by atoms with Crippen LogP contribution in [0.3, 0.4) is 0 Å². The zero-order chi connectivity index (χ0) is 19.3. The fourth-order valence-corrected chi connectivity index (χ4v) is 6.61. The van der Waals surface area contributed by atoms with Crippen molar-refractivity contribution in [1.29, 1.82) is 0 Å². The molecule has 2 atom stereocenters. The summed E-state index contributed by atoms with van der Waals surface area (Å²) in [6.45, 7) is 0.0516. The first kappa shape index (κ1) is 27.5. The lowest BCUT2D eigenvalue weighted by Crippen LogP contribution is -2.33. The van der Waals surface area contributed by atoms with Crippen molar-refractivity contribution in [3.63, 3.8) is 0 Å². The van der Waals surface area contributed by atoms with E-state index in [9.17, 15) is 4.57 Å². The first-order valence-electron chi connectivity index (χ1n) is 7.41. The van der Waals surface area contributed by atoms with Gasteiger partial charge in [0.15, 0.2) is 0 Å². The highest BCUT2D eigenvalue weighted by Crippen LogP contribution is 2.53. The first-order chi connectivity index (χ1) is 11.9. The number of phosphoric acid groups is 1. The predicted octanol–water partition coefficient (Wildman–Crippen LogP) is 6.63. The van der Waals surface area contributed by atoms with Crippen LogP contribution in [0.4, 0.5) is 0 Å². The fraction of sp³-hybridized carbons (Fsp3) is 1.00. The van der Waals surface area contributed by atoms with Gasteiger partial charge in [-0.3, -0.25) is 13.6 Å². The summed E-state index contributed by atoms with van der Waals surface area (Å²) in [5, 5.41) is 1.08. The van der Waals surface area contributed by atoms with Crippen LogP contribution >= 0.6 is 97.7 Å². The average Bonchev–Trinajstić information content (AvgIpc) is 2.62. The Balaban J connectivity index is 5.25. The minimum Gasteiger partial charge on any atom is -0.286 e. The van der Waals surface area contributed by atoms with E-state index in [1.165, 1.54) is 0 Å². The Morgan fingerprint density at radius 3 is 1.60 bits per heavy atom. The largest absolute Gasteiger partial charge is 0.475 e. The maximum Gasteiger partial charge on any atom is 0.475 e. The molecule has 12 heteroatoms. The molecule has 0 bridgehead atoms. The standard InChI is InChI=1S/C13H22Br2Cl5O4P/c14-7-13(8-15,9-20)10-22-25(21,23-11(5-18)1-3-16)24-12(6-19)2-4-17/h11-12H,1-10H2. The molecule has 4 nitrogen and oxygen atoms in total. The van der Waals surface area contributed by atoms with Crippen LogP contribution in [-0.4, -0.2) is 58.9 Å². The molecule has 0 fully saturated rings. The monoisotopic (exact) mass is 606 g/mol. The highest BCUT2D eigenvalue weighted by molar-refractivity contribution is 9.09. The molecule has 0 aliphatic carbocycles. The van der Waals surface area contributed by atoms with Gasteiger partial charge in [0.05, 0.1) is 18.8 Å². The normalized spacial score (nSPS) is 17.2. The minimum atomic E-state index is -3.95. The highest BCUT2D eigenvalue weighted by Gasteiger charge is 2.38. The van der Waals surface area contributed by atoms with E-state index in [2.05, 4.69) is 31.9 Å². The molecule has 0 aromatic carbocycles. The van der Waals surface area contributed by atoms with Gasteiger partial charge >= 0.3 is 7.82 Å². The summed E-state index contributed by atoms with van der Waals surface area (Å²) < 4.78 is 29.8. The summed E-state index contributed by atoms with van der Waals surface area (Å²) in [6.07, 6.45) is -0.341. The summed E-state index contributed by atoms with van der Waals surface area (Å²) in [5.74, 6) is 1.08. The Bertz CT molecular complexity index is 365. The van der Waals surface area contributed by atoms with Crippen LogP contribution in [0.15, 0.2) is 0 Å². The second-order valence-electron chi connectivity index (χ2n) is 5.34. The van der Waals surface area contributed by atoms with E-state index in [0.717, 1.165) is 0 Å². The van der Waals surface area contributed by atoms with E-state index in [1.54, 1.807) is 0 Å². The first-order valence-corrected chi connectivity index (χ1v) is 13.8. The minimum absolute atomic E-state index is 0.0516. The summed E-state index contributed by atoms with van der Waals surface area (Å²) in [5.41, 5.74) is -0.476. The van der Waals surface area contributed by atoms with Crippen molar-refractivity contribution in [2.45, 2.75) is 25.0 Å². The van der Waals surface area contributed by atoms with E-state index in [-0.39, 0.29) is 24.2 Å². The number of hydrogen-bond donors (Lipinski definition) is 0. The quantitative estimate of drug-likeness (QED) is 0.145. The molecule has 0 aliphatic rings. The molecule has 0 saturated carbocycles. The third kappa shape index (κ3) is 10.7. The summed E-state index contributed by atoms with van der Waals surface area (Å²) in [6, 6.07) is 0. The van der Waals surface area contributed by atoms with Crippen molar-refractivity contribution >= 4 is 97.7 Å². The lowest BCUT2D eigenvalue weighted by atomic mass is 9.98. The van der Waals surface area contributed by atoms with Gasteiger partial charge in [-0.15, -0.1) is 58.0 Å². The molecule has 0 aliphatic heterocycles. The predicted molar refractivity (Wildman–Crippen MR) is 116 cm³/mol. The second-order valence-corrected chi connectivity index (χ2v) is 9.68. The van der Waals surface area contributed by atoms with Crippen molar-refractivity contribution in [2.75, 3.05) is 46.7 Å². The summed E-state index contributed by atoms with van der Waals surface area (Å²) >= 11 is 36.0. The fourth-order valence-electron chi connectivity index (χ4n) is 1.45. The van der Waals surface area contributed by atoms with Gasteiger partial charge in [0, 0.05) is 45.5 Å². The molecule has 0 radical (unpaired) electrons. The number of halogens is 7. The number of rotatable bonds is 16. The van der Waals surface area contributed by atoms with E-state index >= 15 is 0 Å². The molecule has 0 aromatic rings. The van der Waals surface area contributed by atoms with Gasteiger partial charge in [-0.05, 0) is 12.8 Å². The van der Waals surface area contributed by atoms with Crippen LogP contribution in [0, 0.1) is 5.41 Å². The Labute approximate surface area is 191 Å². The van der Waals surface area contributed by atoms with Crippen molar-refractivity contribution in [3.05, 3.63) is 0 Å². The number of alkyl halides is 7. The van der Waals surface area contributed by atoms with Gasteiger partial charge in [-0.1, -0.05) is 31.9 Å². The molecule has 0 N–H and O–H groups in total. The molecule has 152 valence electrons. The maximum absolute atomic E-state index is 13.2. The molecule has 0 aromatic heterocycles. The van der Waals surface area contributed by atoms with Crippen LogP contribution < -0.4 is 0 Å². The summed E-state index contributed by atoms with van der Waals surface area (Å²) in [7, 11) is -3.95. The second kappa shape index (κ2) is 15.4. The van der Waals surface area contributed by atoms with Crippen LogP contribution in [0.2, 0.25) is 0 Å². The van der Waals surface area contributed by atoms with Gasteiger partial charge in [0.1, 0.15) is 0 Å². The Morgan fingerprint density at radius 2 is 1.32 bits per heavy atom. The van der Waals surface area contributed by atoms with Crippen molar-refractivity contribution < 1.29 is 18.1 Å². The zero-order valence-corrected chi connectivity index (χ0v) is 21.3. The van der Waals surface area contributed by atoms with Crippen LogP contribution in [0.25, 0.3) is 0 Å². The smallest absolute Gasteiger partial charge is 0.286 e. The molecule has 0 spiro atoms. The van der Waals surface area contributed by atoms with Gasteiger partial charge in [0.25, 0.3) is 0 Å². The lowest BCUT2D eigenvalue weighted by Gasteiger charge is -2.31.